The number of nitrogens with zero attached hydrogens (tertiary/aromatic N) is 6. The Hall–Kier alpha value is -9.70. The van der Waals surface area contributed by atoms with Gasteiger partial charge in [-0.05, 0) is 116 Å². The Labute approximate surface area is 430 Å². The van der Waals surface area contributed by atoms with Gasteiger partial charge >= 0.3 is 0 Å². The molecular weight excluding hydrogens is 901 g/mol. The molecule has 6 nitrogen and oxygen atoms in total. The monoisotopic (exact) mass is 948 g/mol. The van der Waals surface area contributed by atoms with E-state index in [0.29, 0.717) is 23.2 Å². The summed E-state index contributed by atoms with van der Waals surface area (Å²) in [5, 5.41) is 4.56. The zero-order chi connectivity index (χ0) is 50.0. The van der Waals surface area contributed by atoms with Gasteiger partial charge in [-0.25, -0.2) is 19.8 Å². The number of benzene rings is 10. The van der Waals surface area contributed by atoms with Crippen molar-refractivity contribution < 1.29 is 0 Å². The Bertz CT molecular complexity index is 4320. The van der Waals surface area contributed by atoms with Gasteiger partial charge in [0.1, 0.15) is 0 Å². The van der Waals surface area contributed by atoms with Crippen LogP contribution in [0.1, 0.15) is 22.3 Å². The van der Waals surface area contributed by atoms with Crippen molar-refractivity contribution in [1.82, 2.24) is 24.1 Å². The zero-order valence-corrected chi connectivity index (χ0v) is 41.5. The second kappa shape index (κ2) is 17.9. The van der Waals surface area contributed by atoms with Crippen molar-refractivity contribution in [1.29, 1.82) is 0 Å². The Kier molecular flexibility index (Phi) is 10.7. The maximum absolute atomic E-state index is 8.92. The molecule has 0 aliphatic heterocycles. The molecule has 0 amide bonds. The summed E-state index contributed by atoms with van der Waals surface area (Å²) in [7, 11) is 0. The molecule has 0 bridgehead atoms. The van der Waals surface area contributed by atoms with Gasteiger partial charge in [0.15, 0.2) is 23.2 Å². The summed E-state index contributed by atoms with van der Waals surface area (Å²) in [5.74, 6) is 1.69. The summed E-state index contributed by atoms with van der Waals surface area (Å²) in [6, 6.07) is 77.2. The van der Waals surface area contributed by atoms with E-state index < -0.39 is 0 Å². The lowest BCUT2D eigenvalue weighted by molar-refractivity contribution is 1.07. The molecule has 0 saturated carbocycles. The minimum absolute atomic E-state index is 0.530. The van der Waals surface area contributed by atoms with Crippen molar-refractivity contribution >= 4 is 49.3 Å². The SMILES string of the molecule is [C-]#[N+]c1cccc(-n2c3ccccc3c3cc(-c4cc(C)cc(C)c4)ccc32)c1-c1cc(-c2nc(-c3ccccc3)nc(-c3ccccc3)n2)ccc1-n1c2ccccc2c2cc(-c3cc(C)cc(C)c3)ccc21. The molecule has 0 aliphatic rings. The molecule has 0 aliphatic carbocycles. The number of hydrogen-bond donors (Lipinski definition) is 0. The van der Waals surface area contributed by atoms with Crippen LogP contribution in [0.5, 0.6) is 0 Å². The fourth-order valence-electron chi connectivity index (χ4n) is 11.2. The Morgan fingerprint density at radius 2 is 0.757 bits per heavy atom. The Morgan fingerprint density at radius 3 is 1.26 bits per heavy atom. The quantitative estimate of drug-likeness (QED) is 0.143. The van der Waals surface area contributed by atoms with Crippen LogP contribution in [0.15, 0.2) is 218 Å². The first-order valence-corrected chi connectivity index (χ1v) is 25.0. The predicted octanol–water partition coefficient (Wildman–Crippen LogP) is 17.9. The molecule has 0 spiro atoms. The molecule has 6 heteroatoms. The van der Waals surface area contributed by atoms with Crippen molar-refractivity contribution in [2.24, 2.45) is 0 Å². The van der Waals surface area contributed by atoms with Gasteiger partial charge in [-0.3, -0.25) is 0 Å². The molecule has 0 radical (unpaired) electrons. The van der Waals surface area contributed by atoms with Gasteiger partial charge in [0.2, 0.25) is 0 Å². The molecule has 0 saturated heterocycles. The lowest BCUT2D eigenvalue weighted by Gasteiger charge is -2.21. The van der Waals surface area contributed by atoms with E-state index in [1.165, 1.54) is 33.4 Å². The van der Waals surface area contributed by atoms with Crippen LogP contribution >= 0.6 is 0 Å². The third-order valence-electron chi connectivity index (χ3n) is 14.3. The molecule has 74 heavy (non-hydrogen) atoms. The third kappa shape index (κ3) is 7.62. The van der Waals surface area contributed by atoms with Gasteiger partial charge in [-0.2, -0.15) is 0 Å². The largest absolute Gasteiger partial charge is 0.310 e. The highest BCUT2D eigenvalue weighted by atomic mass is 15.0. The molecule has 10 aromatic carbocycles. The maximum Gasteiger partial charge on any atom is 0.197 e. The summed E-state index contributed by atoms with van der Waals surface area (Å²) in [6.45, 7) is 17.6. The number of hydrogen-bond acceptors (Lipinski definition) is 3. The van der Waals surface area contributed by atoms with Gasteiger partial charge in [0, 0.05) is 49.5 Å². The second-order valence-corrected chi connectivity index (χ2v) is 19.5. The minimum Gasteiger partial charge on any atom is -0.310 e. The summed E-state index contributed by atoms with van der Waals surface area (Å²) in [4.78, 5) is 19.8. The van der Waals surface area contributed by atoms with Gasteiger partial charge in [0.25, 0.3) is 0 Å². The Morgan fingerprint density at radius 1 is 0.324 bits per heavy atom. The molecule has 0 atom stereocenters. The minimum atomic E-state index is 0.530. The van der Waals surface area contributed by atoms with Crippen LogP contribution in [0.2, 0.25) is 0 Å². The summed E-state index contributed by atoms with van der Waals surface area (Å²) in [6.07, 6.45) is 0. The predicted molar refractivity (Wildman–Crippen MR) is 306 cm³/mol. The maximum atomic E-state index is 8.92. The molecule has 0 fully saturated rings. The van der Waals surface area contributed by atoms with Gasteiger partial charge in [0.05, 0.1) is 34.3 Å². The lowest BCUT2D eigenvalue weighted by atomic mass is 9.96. The second-order valence-electron chi connectivity index (χ2n) is 19.5. The molecule has 13 rings (SSSR count). The van der Waals surface area contributed by atoms with Crippen molar-refractivity contribution in [3.63, 3.8) is 0 Å². The number of rotatable bonds is 8. The summed E-state index contributed by atoms with van der Waals surface area (Å²) in [5.41, 5.74) is 20.5. The number of para-hydroxylation sites is 2. The summed E-state index contributed by atoms with van der Waals surface area (Å²) < 4.78 is 4.72. The first-order valence-electron chi connectivity index (χ1n) is 25.0. The van der Waals surface area contributed by atoms with Crippen LogP contribution < -0.4 is 0 Å². The fourth-order valence-corrected chi connectivity index (χ4v) is 11.2. The number of aryl methyl sites for hydroxylation is 4. The molecule has 3 aromatic heterocycles. The van der Waals surface area contributed by atoms with Crippen LogP contribution in [0.4, 0.5) is 5.69 Å². The molecule has 0 N–H and O–H groups in total. The van der Waals surface area contributed by atoms with E-state index in [0.717, 1.165) is 93.9 Å². The van der Waals surface area contributed by atoms with E-state index in [9.17, 15) is 0 Å². The third-order valence-corrected chi connectivity index (χ3v) is 14.3. The smallest absolute Gasteiger partial charge is 0.197 e. The first-order chi connectivity index (χ1) is 36.3. The van der Waals surface area contributed by atoms with Crippen LogP contribution in [0.25, 0.3) is 127 Å². The van der Waals surface area contributed by atoms with Gasteiger partial charge in [-0.1, -0.05) is 180 Å². The average molecular weight is 949 g/mol. The van der Waals surface area contributed by atoms with E-state index in [1.54, 1.807) is 0 Å². The van der Waals surface area contributed by atoms with Crippen molar-refractivity contribution in [2.45, 2.75) is 27.7 Å². The van der Waals surface area contributed by atoms with Crippen molar-refractivity contribution in [2.75, 3.05) is 0 Å². The molecule has 350 valence electrons. The standard InChI is InChI=1S/C68H48N6/c1-42-33-43(2)36-51(35-42)48-27-30-61-55(39-48)53-21-12-14-24-59(53)73(61)63-32-29-50(68-71-66(46-17-8-6-9-18-46)70-67(72-68)47-19-10-7-11-20-47)41-57(63)65-58(69-5)23-16-26-64(65)74-60-25-15-13-22-54(60)56-40-49(28-31-62(56)74)52-37-44(3)34-45(4)38-52/h6-41H,1-4H3. The first kappa shape index (κ1) is 44.3. The van der Waals surface area contributed by atoms with Crippen molar-refractivity contribution in [3.05, 3.63) is 252 Å². The summed E-state index contributed by atoms with van der Waals surface area (Å²) >= 11 is 0. The Balaban J connectivity index is 1.11. The van der Waals surface area contributed by atoms with E-state index in [-0.39, 0.29) is 0 Å². The van der Waals surface area contributed by atoms with E-state index in [1.807, 2.05) is 72.8 Å². The molecule has 13 aromatic rings. The highest BCUT2D eigenvalue weighted by Crippen LogP contribution is 2.46. The van der Waals surface area contributed by atoms with E-state index in [2.05, 4.69) is 187 Å². The van der Waals surface area contributed by atoms with Crippen LogP contribution in [-0.4, -0.2) is 24.1 Å². The topological polar surface area (TPSA) is 52.9 Å². The number of fused-ring (bicyclic) bond motifs is 6. The van der Waals surface area contributed by atoms with Crippen LogP contribution in [-0.2, 0) is 0 Å². The van der Waals surface area contributed by atoms with E-state index >= 15 is 0 Å². The highest BCUT2D eigenvalue weighted by molar-refractivity contribution is 6.13. The van der Waals surface area contributed by atoms with Gasteiger partial charge in [-0.15, -0.1) is 0 Å². The molecular formula is C68H48N6. The van der Waals surface area contributed by atoms with Gasteiger partial charge < -0.3 is 9.13 Å². The normalized spacial score (nSPS) is 11.5. The van der Waals surface area contributed by atoms with E-state index in [4.69, 9.17) is 21.5 Å². The van der Waals surface area contributed by atoms with Crippen LogP contribution in [0, 0.1) is 34.3 Å². The molecule has 3 heterocycles. The molecule has 0 unspecified atom stereocenters. The lowest BCUT2D eigenvalue weighted by Crippen LogP contribution is -2.04. The fraction of sp³-hybridized carbons (Fsp3) is 0.0588. The van der Waals surface area contributed by atoms with Crippen LogP contribution in [0.3, 0.4) is 0 Å². The highest BCUT2D eigenvalue weighted by Gasteiger charge is 2.25. The van der Waals surface area contributed by atoms with Crippen molar-refractivity contribution in [3.8, 4) is 78.9 Å². The number of aromatic nitrogens is 5. The average Bonchev–Trinajstić information content (AvgIpc) is 3.97. The zero-order valence-electron chi connectivity index (χ0n) is 41.5.